The second-order valence-corrected chi connectivity index (χ2v) is 5.41. The van der Waals surface area contributed by atoms with Gasteiger partial charge in [-0.3, -0.25) is 4.79 Å². The highest BCUT2D eigenvalue weighted by atomic mass is 16.5. The van der Waals surface area contributed by atoms with Crippen LogP contribution in [0.25, 0.3) is 0 Å². The van der Waals surface area contributed by atoms with Crippen molar-refractivity contribution in [2.45, 2.75) is 26.3 Å². The third-order valence-corrected chi connectivity index (χ3v) is 3.57. The van der Waals surface area contributed by atoms with E-state index in [1.165, 1.54) is 7.11 Å². The van der Waals surface area contributed by atoms with Crippen molar-refractivity contribution in [3.8, 4) is 6.01 Å². The molecule has 21 heavy (non-hydrogen) atoms. The predicted molar refractivity (Wildman–Crippen MR) is 79.6 cm³/mol. The van der Waals surface area contributed by atoms with Gasteiger partial charge in [0.25, 0.3) is 0 Å². The lowest BCUT2D eigenvalue weighted by atomic mass is 9.98. The Morgan fingerprint density at radius 1 is 1.29 bits per heavy atom. The van der Waals surface area contributed by atoms with Gasteiger partial charge in [-0.1, -0.05) is 0 Å². The summed E-state index contributed by atoms with van der Waals surface area (Å²) in [5.41, 5.74) is -0.706. The largest absolute Gasteiger partial charge is 0.467 e. The Morgan fingerprint density at radius 2 is 2.00 bits per heavy atom. The minimum atomic E-state index is -0.706. The molecule has 0 radical (unpaired) electrons. The number of carbonyl (C=O) groups excluding carboxylic acids is 1. The summed E-state index contributed by atoms with van der Waals surface area (Å²) >= 11 is 0. The summed E-state index contributed by atoms with van der Waals surface area (Å²) in [6, 6.07) is 0.234. The van der Waals surface area contributed by atoms with Gasteiger partial charge in [-0.2, -0.15) is 15.0 Å². The average molecular weight is 294 g/mol. The van der Waals surface area contributed by atoms with E-state index in [4.69, 9.17) is 4.74 Å². The predicted octanol–water partition coefficient (Wildman–Crippen LogP) is 0.369. The lowest BCUT2D eigenvalue weighted by molar-refractivity contribution is -0.136. The van der Waals surface area contributed by atoms with Gasteiger partial charge in [-0.05, 0) is 20.8 Å². The van der Waals surface area contributed by atoms with Crippen LogP contribution in [0, 0.1) is 0 Å². The molecule has 8 heteroatoms. The van der Waals surface area contributed by atoms with Gasteiger partial charge in [-0.25, -0.2) is 0 Å². The highest BCUT2D eigenvalue weighted by Gasteiger charge is 2.42. The fourth-order valence-corrected chi connectivity index (χ4v) is 2.36. The summed E-state index contributed by atoms with van der Waals surface area (Å²) < 4.78 is 5.12. The number of piperazine rings is 1. The molecule has 1 aromatic heterocycles. The van der Waals surface area contributed by atoms with E-state index in [-0.39, 0.29) is 11.9 Å². The van der Waals surface area contributed by atoms with Crippen molar-refractivity contribution < 1.29 is 9.53 Å². The van der Waals surface area contributed by atoms with E-state index >= 15 is 0 Å². The number of aromatic nitrogens is 3. The van der Waals surface area contributed by atoms with Crippen LogP contribution in [0.15, 0.2) is 0 Å². The van der Waals surface area contributed by atoms with Crippen LogP contribution >= 0.6 is 0 Å². The molecule has 1 aromatic rings. The Kier molecular flexibility index (Phi) is 4.15. The first-order valence-corrected chi connectivity index (χ1v) is 6.97. The number of rotatable bonds is 4. The normalized spacial score (nSPS) is 17.9. The zero-order valence-corrected chi connectivity index (χ0v) is 13.2. The number of carbonyl (C=O) groups is 1. The molecule has 1 fully saturated rings. The molecule has 0 unspecified atom stereocenters. The van der Waals surface area contributed by atoms with Gasteiger partial charge in [-0.15, -0.1) is 0 Å². The molecule has 1 aliphatic rings. The van der Waals surface area contributed by atoms with Gasteiger partial charge >= 0.3 is 6.01 Å². The molecule has 116 valence electrons. The number of nitrogens with zero attached hydrogens (tertiary/aromatic N) is 5. The highest BCUT2D eigenvalue weighted by molar-refractivity contribution is 5.89. The molecule has 2 rings (SSSR count). The summed E-state index contributed by atoms with van der Waals surface area (Å²) in [6.45, 7) is 7.68. The maximum absolute atomic E-state index is 12.4. The molecule has 1 amide bonds. The van der Waals surface area contributed by atoms with Crippen LogP contribution < -0.4 is 15.0 Å². The molecular weight excluding hydrogens is 272 g/mol. The first-order valence-electron chi connectivity index (χ1n) is 6.97. The van der Waals surface area contributed by atoms with Gasteiger partial charge in [0.2, 0.25) is 17.8 Å². The Hall–Kier alpha value is -2.12. The molecular formula is C13H22N6O2. The van der Waals surface area contributed by atoms with Crippen molar-refractivity contribution in [2.75, 3.05) is 44.0 Å². The summed E-state index contributed by atoms with van der Waals surface area (Å²) in [6.07, 6.45) is 0. The van der Waals surface area contributed by atoms with Crippen LogP contribution in [0.2, 0.25) is 0 Å². The third-order valence-electron chi connectivity index (χ3n) is 3.57. The minimum absolute atomic E-state index is 0.0399. The van der Waals surface area contributed by atoms with E-state index in [1.54, 1.807) is 11.9 Å². The van der Waals surface area contributed by atoms with Crippen LogP contribution in [-0.4, -0.2) is 65.1 Å². The second kappa shape index (κ2) is 5.71. The minimum Gasteiger partial charge on any atom is -0.467 e. The van der Waals surface area contributed by atoms with Gasteiger partial charge in [0, 0.05) is 26.7 Å². The quantitative estimate of drug-likeness (QED) is 0.858. The first kappa shape index (κ1) is 15.3. The maximum atomic E-state index is 12.4. The van der Waals surface area contributed by atoms with Crippen LogP contribution in [0.5, 0.6) is 6.01 Å². The number of ether oxygens (including phenoxy) is 1. The van der Waals surface area contributed by atoms with Gasteiger partial charge in [0.05, 0.1) is 7.11 Å². The molecule has 1 N–H and O–H groups in total. The molecule has 0 atom stereocenters. The zero-order valence-electron chi connectivity index (χ0n) is 13.2. The fourth-order valence-electron chi connectivity index (χ4n) is 2.36. The Labute approximate surface area is 124 Å². The summed E-state index contributed by atoms with van der Waals surface area (Å²) in [7, 11) is 3.31. The third kappa shape index (κ3) is 2.84. The Morgan fingerprint density at radius 3 is 2.62 bits per heavy atom. The van der Waals surface area contributed by atoms with Gasteiger partial charge < -0.3 is 19.9 Å². The molecule has 0 bridgehead atoms. The molecule has 1 saturated heterocycles. The fraction of sp³-hybridized carbons (Fsp3) is 0.692. The van der Waals surface area contributed by atoms with Crippen LogP contribution in [0.4, 0.5) is 11.9 Å². The number of anilines is 2. The van der Waals surface area contributed by atoms with Crippen molar-refractivity contribution in [2.24, 2.45) is 0 Å². The van der Waals surface area contributed by atoms with E-state index in [1.807, 2.05) is 25.7 Å². The standard InChI is InChI=1S/C13H22N6O2/c1-6-14-10-15-11(17-12(16-10)21-5)19-8-7-18(4)9(20)13(19,2)3/h6-8H2,1-5H3,(H,14,15,16,17). The lowest BCUT2D eigenvalue weighted by Gasteiger charge is -2.44. The van der Waals surface area contributed by atoms with Crippen molar-refractivity contribution in [3.63, 3.8) is 0 Å². The Bertz CT molecular complexity index is 533. The number of hydrogen-bond acceptors (Lipinski definition) is 7. The summed E-state index contributed by atoms with van der Waals surface area (Å²) in [5.74, 6) is 0.934. The van der Waals surface area contributed by atoms with Crippen LogP contribution in [0.1, 0.15) is 20.8 Å². The molecule has 0 spiro atoms. The summed E-state index contributed by atoms with van der Waals surface area (Å²) in [5, 5.41) is 3.04. The van der Waals surface area contributed by atoms with Crippen LogP contribution in [0.3, 0.4) is 0 Å². The van der Waals surface area contributed by atoms with Crippen molar-refractivity contribution >= 4 is 17.8 Å². The molecule has 8 nitrogen and oxygen atoms in total. The smallest absolute Gasteiger partial charge is 0.322 e. The first-order chi connectivity index (χ1) is 9.90. The Balaban J connectivity index is 2.40. The van der Waals surface area contributed by atoms with E-state index in [0.29, 0.717) is 31.5 Å². The number of hydrogen-bond donors (Lipinski definition) is 1. The van der Waals surface area contributed by atoms with Crippen molar-refractivity contribution in [1.82, 2.24) is 19.9 Å². The van der Waals surface area contributed by atoms with E-state index < -0.39 is 5.54 Å². The molecule has 1 aliphatic heterocycles. The van der Waals surface area contributed by atoms with Crippen LogP contribution in [-0.2, 0) is 4.79 Å². The summed E-state index contributed by atoms with van der Waals surface area (Å²) in [4.78, 5) is 28.8. The molecule has 0 saturated carbocycles. The van der Waals surface area contributed by atoms with E-state index in [9.17, 15) is 4.79 Å². The number of likely N-dealkylation sites (N-methyl/N-ethyl adjacent to an activating group) is 1. The topological polar surface area (TPSA) is 83.5 Å². The van der Waals surface area contributed by atoms with Gasteiger partial charge in [0.15, 0.2) is 0 Å². The monoisotopic (exact) mass is 294 g/mol. The SMILES string of the molecule is CCNc1nc(OC)nc(N2CCN(C)C(=O)C2(C)C)n1. The maximum Gasteiger partial charge on any atom is 0.322 e. The van der Waals surface area contributed by atoms with Gasteiger partial charge in [0.1, 0.15) is 5.54 Å². The average Bonchev–Trinajstić information content (AvgIpc) is 2.45. The highest BCUT2D eigenvalue weighted by Crippen LogP contribution is 2.27. The van der Waals surface area contributed by atoms with E-state index in [0.717, 1.165) is 0 Å². The molecule has 0 aliphatic carbocycles. The second-order valence-electron chi connectivity index (χ2n) is 5.41. The lowest BCUT2D eigenvalue weighted by Crippen LogP contribution is -2.62. The van der Waals surface area contributed by atoms with Crippen molar-refractivity contribution in [1.29, 1.82) is 0 Å². The number of nitrogens with one attached hydrogen (secondary N) is 1. The number of methoxy groups -OCH3 is 1. The van der Waals surface area contributed by atoms with E-state index in [2.05, 4.69) is 20.3 Å². The zero-order chi connectivity index (χ0) is 15.6. The molecule has 0 aromatic carbocycles. The van der Waals surface area contributed by atoms with Crippen molar-refractivity contribution in [3.05, 3.63) is 0 Å². The molecule has 2 heterocycles. The number of amides is 1.